The number of methoxy groups -OCH3 is 2. The van der Waals surface area contributed by atoms with Crippen LogP contribution in [0.5, 0.6) is 0 Å². The van der Waals surface area contributed by atoms with E-state index in [1.54, 1.807) is 14.2 Å². The molecule has 0 saturated carbocycles. The molecule has 0 aliphatic rings. The van der Waals surface area contributed by atoms with Gasteiger partial charge >= 0.3 is 0 Å². The molecule has 0 aliphatic carbocycles. The molecular weight excluding hydrogens is 364 g/mol. The smallest absolute Gasteiger partial charge is 0.180 e. The van der Waals surface area contributed by atoms with Crippen molar-refractivity contribution < 1.29 is 9.47 Å². The quantitative estimate of drug-likeness (QED) is 0.544. The van der Waals surface area contributed by atoms with Gasteiger partial charge in [-0.15, -0.1) is 10.2 Å². The monoisotopic (exact) mass is 394 g/mol. The summed E-state index contributed by atoms with van der Waals surface area (Å²) in [5, 5.41) is 8.73. The van der Waals surface area contributed by atoms with Gasteiger partial charge in [0, 0.05) is 14.2 Å². The van der Waals surface area contributed by atoms with E-state index < -0.39 is 0 Å². The standard InChI is InChI=1S/C23H30N4O2/c1-17(28-3)22-24-25-23(18(2)29-4)27(22)26-21(20-13-9-6-10-14-20)16-15-19-11-7-5-8-12-19/h5-14,17-18,21,26H,15-16H2,1-4H3/t17-,18-,21-/m0/s1. The first-order chi connectivity index (χ1) is 14.1. The molecule has 1 aromatic heterocycles. The van der Waals surface area contributed by atoms with Crippen molar-refractivity contribution in [2.45, 2.75) is 44.9 Å². The summed E-state index contributed by atoms with van der Waals surface area (Å²) >= 11 is 0. The Morgan fingerprint density at radius 3 is 1.86 bits per heavy atom. The van der Waals surface area contributed by atoms with Crippen LogP contribution in [0, 0.1) is 0 Å². The molecule has 2 aromatic carbocycles. The maximum atomic E-state index is 5.52. The van der Waals surface area contributed by atoms with Crippen LogP contribution in [0.25, 0.3) is 0 Å². The highest BCUT2D eigenvalue weighted by Gasteiger charge is 2.24. The Kier molecular flexibility index (Phi) is 7.38. The summed E-state index contributed by atoms with van der Waals surface area (Å²) in [6.45, 7) is 3.93. The van der Waals surface area contributed by atoms with Gasteiger partial charge in [-0.05, 0) is 37.8 Å². The van der Waals surface area contributed by atoms with Gasteiger partial charge in [-0.3, -0.25) is 0 Å². The van der Waals surface area contributed by atoms with Crippen LogP contribution in [0.15, 0.2) is 60.7 Å². The van der Waals surface area contributed by atoms with Crippen molar-refractivity contribution in [2.24, 2.45) is 0 Å². The van der Waals surface area contributed by atoms with E-state index in [-0.39, 0.29) is 18.2 Å². The van der Waals surface area contributed by atoms with Crippen molar-refractivity contribution in [3.63, 3.8) is 0 Å². The molecule has 0 saturated heterocycles. The summed E-state index contributed by atoms with van der Waals surface area (Å²) in [6.07, 6.45) is 1.49. The number of rotatable bonds is 10. The zero-order valence-electron chi connectivity index (χ0n) is 17.6. The second-order valence-electron chi connectivity index (χ2n) is 7.12. The summed E-state index contributed by atoms with van der Waals surface area (Å²) in [5.74, 6) is 1.46. The van der Waals surface area contributed by atoms with E-state index in [0.717, 1.165) is 24.5 Å². The van der Waals surface area contributed by atoms with Crippen LogP contribution in [-0.2, 0) is 15.9 Å². The van der Waals surface area contributed by atoms with Gasteiger partial charge in [-0.2, -0.15) is 0 Å². The van der Waals surface area contributed by atoms with Gasteiger partial charge in [0.15, 0.2) is 11.6 Å². The van der Waals surface area contributed by atoms with Crippen LogP contribution in [0.1, 0.15) is 61.3 Å². The van der Waals surface area contributed by atoms with Crippen LogP contribution >= 0.6 is 0 Å². The Bertz CT molecular complexity index is 840. The van der Waals surface area contributed by atoms with Crippen LogP contribution in [0.2, 0.25) is 0 Å². The minimum atomic E-state index is -0.196. The number of hydrogen-bond donors (Lipinski definition) is 1. The van der Waals surface area contributed by atoms with Gasteiger partial charge in [0.05, 0.1) is 6.04 Å². The fourth-order valence-electron chi connectivity index (χ4n) is 3.28. The Morgan fingerprint density at radius 1 is 0.828 bits per heavy atom. The summed E-state index contributed by atoms with van der Waals surface area (Å²) < 4.78 is 13.0. The topological polar surface area (TPSA) is 61.2 Å². The number of benzene rings is 2. The molecule has 0 spiro atoms. The first kappa shape index (κ1) is 21.0. The summed E-state index contributed by atoms with van der Waals surface area (Å²) in [5.41, 5.74) is 6.17. The van der Waals surface area contributed by atoms with Crippen molar-refractivity contribution in [2.75, 3.05) is 19.6 Å². The molecular formula is C23H30N4O2. The van der Waals surface area contributed by atoms with Gasteiger partial charge < -0.3 is 14.9 Å². The Balaban J connectivity index is 1.91. The Labute approximate surface area is 172 Å². The molecule has 0 radical (unpaired) electrons. The number of aryl methyl sites for hydroxylation is 1. The van der Waals surface area contributed by atoms with Crippen LogP contribution in [0.4, 0.5) is 0 Å². The zero-order chi connectivity index (χ0) is 20.6. The van der Waals surface area contributed by atoms with Crippen molar-refractivity contribution >= 4 is 0 Å². The lowest BCUT2D eigenvalue weighted by atomic mass is 9.99. The minimum Gasteiger partial charge on any atom is -0.374 e. The Hall–Kier alpha value is -2.70. The van der Waals surface area contributed by atoms with Crippen molar-refractivity contribution in [3.8, 4) is 0 Å². The molecule has 3 atom stereocenters. The molecule has 0 fully saturated rings. The van der Waals surface area contributed by atoms with Crippen LogP contribution < -0.4 is 5.43 Å². The largest absolute Gasteiger partial charge is 0.374 e. The second kappa shape index (κ2) is 10.2. The molecule has 0 unspecified atom stereocenters. The van der Waals surface area contributed by atoms with Crippen LogP contribution in [0.3, 0.4) is 0 Å². The first-order valence-corrected chi connectivity index (χ1v) is 10.00. The van der Waals surface area contributed by atoms with Crippen molar-refractivity contribution in [1.82, 2.24) is 14.9 Å². The van der Waals surface area contributed by atoms with E-state index in [2.05, 4.69) is 64.2 Å². The van der Waals surface area contributed by atoms with Gasteiger partial charge in [-0.1, -0.05) is 60.7 Å². The maximum absolute atomic E-state index is 5.52. The predicted molar refractivity (Wildman–Crippen MR) is 114 cm³/mol. The lowest BCUT2D eigenvalue weighted by Crippen LogP contribution is -2.27. The van der Waals surface area contributed by atoms with Crippen LogP contribution in [-0.4, -0.2) is 29.1 Å². The number of hydrogen-bond acceptors (Lipinski definition) is 5. The predicted octanol–water partition coefficient (Wildman–Crippen LogP) is 4.61. The van der Waals surface area contributed by atoms with E-state index in [4.69, 9.17) is 9.47 Å². The van der Waals surface area contributed by atoms with E-state index in [0.29, 0.717) is 0 Å². The van der Waals surface area contributed by atoms with E-state index in [1.807, 2.05) is 30.7 Å². The van der Waals surface area contributed by atoms with Gasteiger partial charge in [0.1, 0.15) is 12.2 Å². The Morgan fingerprint density at radius 2 is 1.34 bits per heavy atom. The molecule has 0 bridgehead atoms. The van der Waals surface area contributed by atoms with E-state index in [1.165, 1.54) is 11.1 Å². The number of nitrogens with one attached hydrogen (secondary N) is 1. The number of ether oxygens (including phenoxy) is 2. The number of aromatic nitrogens is 3. The highest BCUT2D eigenvalue weighted by molar-refractivity contribution is 5.23. The van der Waals surface area contributed by atoms with Gasteiger partial charge in [-0.25, -0.2) is 4.68 Å². The van der Waals surface area contributed by atoms with Crippen molar-refractivity contribution in [3.05, 3.63) is 83.4 Å². The minimum absolute atomic E-state index is 0.0815. The molecule has 6 nitrogen and oxygen atoms in total. The van der Waals surface area contributed by atoms with Crippen molar-refractivity contribution in [1.29, 1.82) is 0 Å². The average Bonchev–Trinajstić information content (AvgIpc) is 3.20. The molecule has 3 aromatic rings. The second-order valence-corrected chi connectivity index (χ2v) is 7.12. The molecule has 1 heterocycles. The molecule has 0 aliphatic heterocycles. The van der Waals surface area contributed by atoms with Gasteiger partial charge in [0.2, 0.25) is 0 Å². The summed E-state index contributed by atoms with van der Waals surface area (Å²) in [4.78, 5) is 0. The third-order valence-electron chi connectivity index (χ3n) is 5.20. The molecule has 3 rings (SSSR count). The van der Waals surface area contributed by atoms with E-state index in [9.17, 15) is 0 Å². The van der Waals surface area contributed by atoms with Gasteiger partial charge in [0.25, 0.3) is 0 Å². The molecule has 0 amide bonds. The molecule has 29 heavy (non-hydrogen) atoms. The first-order valence-electron chi connectivity index (χ1n) is 10.00. The average molecular weight is 395 g/mol. The molecule has 154 valence electrons. The SMILES string of the molecule is CO[C@@H](C)c1nnc([C@H](C)OC)n1N[C@@H](CCc1ccccc1)c1ccccc1. The third kappa shape index (κ3) is 5.22. The molecule has 1 N–H and O–H groups in total. The van der Waals surface area contributed by atoms with E-state index >= 15 is 0 Å². The lowest BCUT2D eigenvalue weighted by molar-refractivity contribution is 0.101. The zero-order valence-corrected chi connectivity index (χ0v) is 17.6. The normalized spacial score (nSPS) is 14.3. The maximum Gasteiger partial charge on any atom is 0.180 e. The highest BCUT2D eigenvalue weighted by atomic mass is 16.5. The fraction of sp³-hybridized carbons (Fsp3) is 0.391. The number of nitrogens with zero attached hydrogens (tertiary/aromatic N) is 3. The fourth-order valence-corrected chi connectivity index (χ4v) is 3.28. The summed E-state index contributed by atoms with van der Waals surface area (Å²) in [7, 11) is 3.35. The highest BCUT2D eigenvalue weighted by Crippen LogP contribution is 2.25. The lowest BCUT2D eigenvalue weighted by Gasteiger charge is -2.25. The molecule has 6 heteroatoms. The summed E-state index contributed by atoms with van der Waals surface area (Å²) in [6, 6.07) is 21.1. The third-order valence-corrected chi connectivity index (χ3v) is 5.20.